The zero-order valence-electron chi connectivity index (χ0n) is 14.3. The highest BCUT2D eigenvalue weighted by Gasteiger charge is 2.32. The van der Waals surface area contributed by atoms with Gasteiger partial charge in [-0.25, -0.2) is 4.39 Å². The number of benzene rings is 2. The number of H-pyrrole nitrogens is 1. The Morgan fingerprint density at radius 2 is 1.96 bits per heavy atom. The molecule has 1 aliphatic heterocycles. The third-order valence-corrected chi connectivity index (χ3v) is 4.63. The van der Waals surface area contributed by atoms with Gasteiger partial charge in [-0.05, 0) is 19.1 Å². The monoisotopic (exact) mass is 351 g/mol. The van der Waals surface area contributed by atoms with Crippen LogP contribution in [-0.4, -0.2) is 16.1 Å². The fourth-order valence-electron chi connectivity index (χ4n) is 3.37. The number of amides is 1. The van der Waals surface area contributed by atoms with E-state index in [9.17, 15) is 9.18 Å². The third kappa shape index (κ3) is 2.94. The molecule has 5 nitrogen and oxygen atoms in total. The van der Waals surface area contributed by atoms with E-state index in [1.54, 1.807) is 18.2 Å². The fraction of sp³-hybridized carbons (Fsp3) is 0.200. The van der Waals surface area contributed by atoms with Crippen molar-refractivity contribution in [1.82, 2.24) is 10.2 Å². The lowest BCUT2D eigenvalue weighted by Crippen LogP contribution is -2.23. The molecule has 0 spiro atoms. The van der Waals surface area contributed by atoms with Crippen LogP contribution in [0, 0.1) is 12.7 Å². The molecule has 0 unspecified atom stereocenters. The maximum Gasteiger partial charge on any atom is 0.226 e. The van der Waals surface area contributed by atoms with Gasteiger partial charge in [0.15, 0.2) is 5.82 Å². The summed E-state index contributed by atoms with van der Waals surface area (Å²) < 4.78 is 19.8. The SMILES string of the molecule is Cc1[nH]nc2c1[C@@H](c1ccccc1OCc1ccccc1F)CC(=O)N2. The number of carbonyl (C=O) groups excluding carboxylic acids is 1. The maximum atomic E-state index is 13.9. The standard InChI is InChI=1S/C20H18FN3O2/c1-12-19-15(10-18(25)22-20(19)24-23-12)14-7-3-5-9-17(14)26-11-13-6-2-4-8-16(13)21/h2-9,15H,10-11H2,1H3,(H2,22,23,24,25)/t15-/m1/s1. The molecule has 2 N–H and O–H groups in total. The highest BCUT2D eigenvalue weighted by molar-refractivity contribution is 5.94. The smallest absolute Gasteiger partial charge is 0.226 e. The van der Waals surface area contributed by atoms with Gasteiger partial charge in [0.05, 0.1) is 0 Å². The van der Waals surface area contributed by atoms with Crippen molar-refractivity contribution >= 4 is 11.7 Å². The molecule has 1 aromatic heterocycles. The number of nitrogens with zero attached hydrogens (tertiary/aromatic N) is 1. The van der Waals surface area contributed by atoms with Crippen LogP contribution in [0.2, 0.25) is 0 Å². The lowest BCUT2D eigenvalue weighted by Gasteiger charge is -2.25. The first-order valence-electron chi connectivity index (χ1n) is 8.43. The molecule has 1 atom stereocenters. The lowest BCUT2D eigenvalue weighted by atomic mass is 9.85. The lowest BCUT2D eigenvalue weighted by molar-refractivity contribution is -0.116. The van der Waals surface area contributed by atoms with Gasteiger partial charge < -0.3 is 10.1 Å². The molecule has 1 aliphatic rings. The first-order valence-corrected chi connectivity index (χ1v) is 8.43. The largest absolute Gasteiger partial charge is 0.488 e. The summed E-state index contributed by atoms with van der Waals surface area (Å²) in [5.74, 6) is 0.664. The third-order valence-electron chi connectivity index (χ3n) is 4.63. The molecule has 1 amide bonds. The molecule has 2 aromatic carbocycles. The Morgan fingerprint density at radius 1 is 1.19 bits per heavy atom. The molecule has 2 heterocycles. The molecule has 0 bridgehead atoms. The number of aromatic amines is 1. The van der Waals surface area contributed by atoms with E-state index in [4.69, 9.17) is 4.74 Å². The van der Waals surface area contributed by atoms with Crippen LogP contribution < -0.4 is 10.1 Å². The van der Waals surface area contributed by atoms with E-state index in [1.165, 1.54) is 6.07 Å². The molecule has 132 valence electrons. The molecular formula is C20H18FN3O2. The number of anilines is 1. The van der Waals surface area contributed by atoms with Crippen LogP contribution in [0.25, 0.3) is 0 Å². The molecule has 0 fully saturated rings. The van der Waals surface area contributed by atoms with E-state index < -0.39 is 0 Å². The second kappa shape index (κ2) is 6.63. The van der Waals surface area contributed by atoms with Gasteiger partial charge in [0.1, 0.15) is 18.2 Å². The molecule has 0 aliphatic carbocycles. The van der Waals surface area contributed by atoms with Crippen molar-refractivity contribution in [3.8, 4) is 5.75 Å². The van der Waals surface area contributed by atoms with Gasteiger partial charge in [0.2, 0.25) is 5.91 Å². The fourth-order valence-corrected chi connectivity index (χ4v) is 3.37. The first-order chi connectivity index (χ1) is 12.6. The molecule has 3 aromatic rings. The number of nitrogens with one attached hydrogen (secondary N) is 2. The Morgan fingerprint density at radius 3 is 2.81 bits per heavy atom. The number of aromatic nitrogens is 2. The Balaban J connectivity index is 1.67. The summed E-state index contributed by atoms with van der Waals surface area (Å²) in [5.41, 5.74) is 3.26. The summed E-state index contributed by atoms with van der Waals surface area (Å²) in [6, 6.07) is 14.1. The molecule has 26 heavy (non-hydrogen) atoms. The van der Waals surface area contributed by atoms with E-state index in [1.807, 2.05) is 31.2 Å². The summed E-state index contributed by atoms with van der Waals surface area (Å²) in [5, 5.41) is 9.89. The predicted octanol–water partition coefficient (Wildman–Crippen LogP) is 3.91. The molecule has 0 saturated heterocycles. The summed E-state index contributed by atoms with van der Waals surface area (Å²) in [6.07, 6.45) is 0.313. The van der Waals surface area contributed by atoms with Crippen LogP contribution in [0.5, 0.6) is 5.75 Å². The van der Waals surface area contributed by atoms with Gasteiger partial charge in [-0.3, -0.25) is 9.89 Å². The van der Waals surface area contributed by atoms with Crippen molar-refractivity contribution in [1.29, 1.82) is 0 Å². The number of fused-ring (bicyclic) bond motifs is 1. The van der Waals surface area contributed by atoms with Gasteiger partial charge in [-0.2, -0.15) is 5.10 Å². The Bertz CT molecular complexity index is 967. The van der Waals surface area contributed by atoms with Gasteiger partial charge in [0, 0.05) is 34.7 Å². The van der Waals surface area contributed by atoms with E-state index in [0.29, 0.717) is 23.6 Å². The van der Waals surface area contributed by atoms with Crippen molar-refractivity contribution in [3.63, 3.8) is 0 Å². The number of hydrogen-bond acceptors (Lipinski definition) is 3. The maximum absolute atomic E-state index is 13.9. The average Bonchev–Trinajstić information content (AvgIpc) is 3.01. The summed E-state index contributed by atoms with van der Waals surface area (Å²) in [7, 11) is 0. The highest BCUT2D eigenvalue weighted by atomic mass is 19.1. The van der Waals surface area contributed by atoms with E-state index >= 15 is 0 Å². The Kier molecular flexibility index (Phi) is 4.16. The molecular weight excluding hydrogens is 333 g/mol. The van der Waals surface area contributed by atoms with Gasteiger partial charge >= 0.3 is 0 Å². The quantitative estimate of drug-likeness (QED) is 0.749. The van der Waals surface area contributed by atoms with Crippen molar-refractivity contribution in [2.24, 2.45) is 0 Å². The number of carbonyl (C=O) groups is 1. The van der Waals surface area contributed by atoms with Gasteiger partial charge in [0.25, 0.3) is 0 Å². The van der Waals surface area contributed by atoms with Crippen molar-refractivity contribution < 1.29 is 13.9 Å². The van der Waals surface area contributed by atoms with Gasteiger partial charge in [-0.15, -0.1) is 0 Å². The number of para-hydroxylation sites is 1. The molecule has 4 rings (SSSR count). The molecule has 0 saturated carbocycles. The van der Waals surface area contributed by atoms with E-state index in [0.717, 1.165) is 16.8 Å². The average molecular weight is 351 g/mol. The normalized spacial score (nSPS) is 16.1. The second-order valence-electron chi connectivity index (χ2n) is 6.33. The van der Waals surface area contributed by atoms with E-state index in [2.05, 4.69) is 15.5 Å². The van der Waals surface area contributed by atoms with Crippen LogP contribution in [0.4, 0.5) is 10.2 Å². The number of rotatable bonds is 4. The molecule has 6 heteroatoms. The zero-order valence-corrected chi connectivity index (χ0v) is 14.3. The number of halogens is 1. The predicted molar refractivity (Wildman–Crippen MR) is 95.6 cm³/mol. The zero-order chi connectivity index (χ0) is 18.1. The number of ether oxygens (including phenoxy) is 1. The second-order valence-corrected chi connectivity index (χ2v) is 6.33. The summed E-state index contributed by atoms with van der Waals surface area (Å²) >= 11 is 0. The van der Waals surface area contributed by atoms with Crippen LogP contribution >= 0.6 is 0 Å². The first kappa shape index (κ1) is 16.3. The summed E-state index contributed by atoms with van der Waals surface area (Å²) in [4.78, 5) is 12.1. The van der Waals surface area contributed by atoms with Crippen LogP contribution in [0.3, 0.4) is 0 Å². The minimum atomic E-state index is -0.296. The Labute approximate surface area is 150 Å². The Hall–Kier alpha value is -3.15. The number of aryl methyl sites for hydroxylation is 1. The van der Waals surface area contributed by atoms with Crippen molar-refractivity contribution in [3.05, 3.63) is 76.7 Å². The highest BCUT2D eigenvalue weighted by Crippen LogP contribution is 2.41. The molecule has 0 radical (unpaired) electrons. The van der Waals surface area contributed by atoms with Crippen LogP contribution in [0.1, 0.15) is 34.7 Å². The van der Waals surface area contributed by atoms with Crippen molar-refractivity contribution in [2.45, 2.75) is 25.9 Å². The topological polar surface area (TPSA) is 67.0 Å². The van der Waals surface area contributed by atoms with Gasteiger partial charge in [-0.1, -0.05) is 36.4 Å². The minimum Gasteiger partial charge on any atom is -0.488 e. The number of hydrogen-bond donors (Lipinski definition) is 2. The van der Waals surface area contributed by atoms with E-state index in [-0.39, 0.29) is 24.2 Å². The van der Waals surface area contributed by atoms with Crippen LogP contribution in [0.15, 0.2) is 48.5 Å². The van der Waals surface area contributed by atoms with Crippen LogP contribution in [-0.2, 0) is 11.4 Å². The summed E-state index contributed by atoms with van der Waals surface area (Å²) in [6.45, 7) is 2.05. The van der Waals surface area contributed by atoms with Crippen molar-refractivity contribution in [2.75, 3.05) is 5.32 Å². The minimum absolute atomic E-state index is 0.0853.